The van der Waals surface area contributed by atoms with Crippen molar-refractivity contribution in [3.05, 3.63) is 75.6 Å². The van der Waals surface area contributed by atoms with Gasteiger partial charge in [0.15, 0.2) is 29.7 Å². The van der Waals surface area contributed by atoms with E-state index in [-0.39, 0.29) is 34.9 Å². The maximum atomic E-state index is 13.6. The van der Waals surface area contributed by atoms with E-state index in [1.807, 2.05) is 12.1 Å². The fourth-order valence-corrected chi connectivity index (χ4v) is 6.20. The monoisotopic (exact) mass is 562 g/mol. The molecular formula is C32H35ClN2O5. The molecule has 0 atom stereocenters. The van der Waals surface area contributed by atoms with Gasteiger partial charge in [0.05, 0.1) is 7.11 Å². The summed E-state index contributed by atoms with van der Waals surface area (Å²) in [4.78, 5) is 39.6. The summed E-state index contributed by atoms with van der Waals surface area (Å²) in [6.45, 7) is 8.18. The van der Waals surface area contributed by atoms with Crippen molar-refractivity contribution >= 4 is 34.8 Å². The molecule has 0 unspecified atom stereocenters. The van der Waals surface area contributed by atoms with Crippen LogP contribution in [-0.2, 0) is 14.4 Å². The summed E-state index contributed by atoms with van der Waals surface area (Å²) in [7, 11) is 1.53. The third-order valence-electron chi connectivity index (χ3n) is 7.73. The summed E-state index contributed by atoms with van der Waals surface area (Å²) >= 11 is 5.91. The van der Waals surface area contributed by atoms with E-state index in [4.69, 9.17) is 21.1 Å². The molecule has 210 valence electrons. The van der Waals surface area contributed by atoms with Crippen LogP contribution in [0.25, 0.3) is 0 Å². The molecule has 2 N–H and O–H groups in total. The van der Waals surface area contributed by atoms with Gasteiger partial charge in [-0.15, -0.1) is 0 Å². The van der Waals surface area contributed by atoms with Gasteiger partial charge in [0.25, 0.3) is 5.91 Å². The Kier molecular flexibility index (Phi) is 7.29. The average molecular weight is 563 g/mol. The van der Waals surface area contributed by atoms with Gasteiger partial charge < -0.3 is 20.1 Å². The SMILES string of the molecule is COc1cc(C2C3=C(CC(C)(C)CC3=O)NC3=C2C(=O)CC(C)(C)C3)ccc1OCC(=O)Nc1ccc(Cl)cc1. The number of halogens is 1. The molecule has 0 aromatic heterocycles. The molecule has 0 saturated carbocycles. The van der Waals surface area contributed by atoms with Gasteiger partial charge in [-0.2, -0.15) is 0 Å². The van der Waals surface area contributed by atoms with E-state index in [1.54, 1.807) is 30.3 Å². The zero-order valence-corrected chi connectivity index (χ0v) is 24.3. The highest BCUT2D eigenvalue weighted by Crippen LogP contribution is 2.51. The first kappa shape index (κ1) is 28.0. The summed E-state index contributed by atoms with van der Waals surface area (Å²) in [5, 5.41) is 6.88. The normalized spacial score (nSPS) is 19.9. The van der Waals surface area contributed by atoms with E-state index in [0.29, 0.717) is 46.2 Å². The minimum absolute atomic E-state index is 0.0612. The number of anilines is 1. The summed E-state index contributed by atoms with van der Waals surface area (Å²) in [5.41, 5.74) is 4.23. The van der Waals surface area contributed by atoms with Crippen molar-refractivity contribution in [2.24, 2.45) is 10.8 Å². The Bertz CT molecular complexity index is 1400. The molecule has 8 heteroatoms. The lowest BCUT2D eigenvalue weighted by Gasteiger charge is -2.44. The van der Waals surface area contributed by atoms with Crippen LogP contribution in [0.1, 0.15) is 64.9 Å². The van der Waals surface area contributed by atoms with E-state index in [2.05, 4.69) is 38.3 Å². The van der Waals surface area contributed by atoms with Crippen molar-refractivity contribution in [2.75, 3.05) is 19.0 Å². The number of dihydropyridines is 1. The van der Waals surface area contributed by atoms with Crippen LogP contribution in [0.2, 0.25) is 5.02 Å². The van der Waals surface area contributed by atoms with Crippen molar-refractivity contribution in [3.8, 4) is 11.5 Å². The Morgan fingerprint density at radius 3 is 2.02 bits per heavy atom. The fraction of sp³-hybridized carbons (Fsp3) is 0.406. The molecule has 1 heterocycles. The predicted octanol–water partition coefficient (Wildman–Crippen LogP) is 6.34. The molecular weight excluding hydrogens is 528 g/mol. The van der Waals surface area contributed by atoms with E-state index in [9.17, 15) is 14.4 Å². The number of methoxy groups -OCH3 is 1. The van der Waals surface area contributed by atoms with Crippen LogP contribution in [-0.4, -0.2) is 31.2 Å². The molecule has 5 rings (SSSR count). The zero-order valence-electron chi connectivity index (χ0n) is 23.6. The van der Waals surface area contributed by atoms with Crippen molar-refractivity contribution in [2.45, 2.75) is 59.3 Å². The molecule has 3 aliphatic rings. The van der Waals surface area contributed by atoms with Gasteiger partial charge in [-0.05, 0) is 65.6 Å². The molecule has 0 bridgehead atoms. The molecule has 1 aliphatic heterocycles. The van der Waals surface area contributed by atoms with Crippen molar-refractivity contribution in [3.63, 3.8) is 0 Å². The zero-order chi connectivity index (χ0) is 28.8. The number of rotatable bonds is 6. The molecule has 0 spiro atoms. The number of Topliss-reactive ketones (excluding diaryl/α,β-unsaturated/α-hetero) is 2. The Balaban J connectivity index is 1.46. The van der Waals surface area contributed by atoms with Crippen LogP contribution >= 0.6 is 11.6 Å². The first-order valence-corrected chi connectivity index (χ1v) is 13.9. The maximum absolute atomic E-state index is 13.6. The number of hydrogen-bond donors (Lipinski definition) is 2. The highest BCUT2D eigenvalue weighted by Gasteiger charge is 2.46. The number of carbonyl (C=O) groups excluding carboxylic acids is 3. The molecule has 0 saturated heterocycles. The molecule has 0 fully saturated rings. The number of ether oxygens (including phenoxy) is 2. The number of nitrogens with one attached hydrogen (secondary N) is 2. The molecule has 40 heavy (non-hydrogen) atoms. The van der Waals surface area contributed by atoms with Crippen LogP contribution in [0.15, 0.2) is 65.0 Å². The van der Waals surface area contributed by atoms with Gasteiger partial charge in [-0.25, -0.2) is 0 Å². The average Bonchev–Trinajstić information content (AvgIpc) is 2.86. The second-order valence-corrected chi connectivity index (χ2v) is 12.9. The lowest BCUT2D eigenvalue weighted by molar-refractivity contribution is -0.119. The molecule has 2 aromatic carbocycles. The van der Waals surface area contributed by atoms with Crippen LogP contribution in [0.4, 0.5) is 5.69 Å². The largest absolute Gasteiger partial charge is 0.493 e. The van der Waals surface area contributed by atoms with Gasteiger partial charge in [-0.3, -0.25) is 14.4 Å². The van der Waals surface area contributed by atoms with Crippen molar-refractivity contribution in [1.82, 2.24) is 5.32 Å². The summed E-state index contributed by atoms with van der Waals surface area (Å²) in [6.07, 6.45) is 2.31. The molecule has 2 aromatic rings. The van der Waals surface area contributed by atoms with Crippen LogP contribution in [0.5, 0.6) is 11.5 Å². The smallest absolute Gasteiger partial charge is 0.262 e. The van der Waals surface area contributed by atoms with Crippen LogP contribution in [0, 0.1) is 10.8 Å². The summed E-state index contributed by atoms with van der Waals surface area (Å²) in [6, 6.07) is 12.2. The lowest BCUT2D eigenvalue weighted by atomic mass is 9.64. The van der Waals surface area contributed by atoms with E-state index >= 15 is 0 Å². The van der Waals surface area contributed by atoms with Gasteiger partial charge >= 0.3 is 0 Å². The number of benzene rings is 2. The van der Waals surface area contributed by atoms with Gasteiger partial charge in [0, 0.05) is 52.0 Å². The maximum Gasteiger partial charge on any atom is 0.262 e. The Labute approximate surface area is 240 Å². The first-order valence-electron chi connectivity index (χ1n) is 13.5. The minimum Gasteiger partial charge on any atom is -0.493 e. The van der Waals surface area contributed by atoms with Gasteiger partial charge in [0.1, 0.15) is 0 Å². The third-order valence-corrected chi connectivity index (χ3v) is 7.98. The Morgan fingerprint density at radius 1 is 0.900 bits per heavy atom. The van der Waals surface area contributed by atoms with Crippen LogP contribution in [0.3, 0.4) is 0 Å². The van der Waals surface area contributed by atoms with E-state index < -0.39 is 5.92 Å². The Morgan fingerprint density at radius 2 is 1.48 bits per heavy atom. The third kappa shape index (κ3) is 5.66. The van der Waals surface area contributed by atoms with Crippen LogP contribution < -0.4 is 20.1 Å². The van der Waals surface area contributed by atoms with Gasteiger partial charge in [0.2, 0.25) is 0 Å². The van der Waals surface area contributed by atoms with Crippen molar-refractivity contribution < 1.29 is 23.9 Å². The predicted molar refractivity (Wildman–Crippen MR) is 155 cm³/mol. The first-order chi connectivity index (χ1) is 18.9. The number of ketones is 2. The molecule has 2 aliphatic carbocycles. The molecule has 1 amide bonds. The van der Waals surface area contributed by atoms with Gasteiger partial charge in [-0.1, -0.05) is 45.4 Å². The quantitative estimate of drug-likeness (QED) is 0.427. The molecule has 0 radical (unpaired) electrons. The highest BCUT2D eigenvalue weighted by atomic mass is 35.5. The summed E-state index contributed by atoms with van der Waals surface area (Å²) in [5.74, 6) is 0.128. The number of allylic oxidation sites excluding steroid dienone is 4. The molecule has 7 nitrogen and oxygen atoms in total. The minimum atomic E-state index is -0.477. The summed E-state index contributed by atoms with van der Waals surface area (Å²) < 4.78 is 11.4. The Hall–Kier alpha value is -3.58. The topological polar surface area (TPSA) is 93.7 Å². The van der Waals surface area contributed by atoms with Crippen molar-refractivity contribution in [1.29, 1.82) is 0 Å². The number of amides is 1. The second-order valence-electron chi connectivity index (χ2n) is 12.5. The number of hydrogen-bond acceptors (Lipinski definition) is 6. The number of carbonyl (C=O) groups is 3. The second kappa shape index (κ2) is 10.4. The van der Waals surface area contributed by atoms with E-state index in [0.717, 1.165) is 29.8 Å². The fourth-order valence-electron chi connectivity index (χ4n) is 6.08. The standard InChI is InChI=1S/C32H35ClN2O5/c1-31(2)13-21-29(23(36)15-31)28(30-22(35-21)14-32(3,4)16-24(30)37)18-6-11-25(26(12-18)39-5)40-17-27(38)34-20-9-7-19(33)8-10-20/h6-12,28,35H,13-17H2,1-5H3,(H,34,38). The van der Waals surface area contributed by atoms with E-state index in [1.165, 1.54) is 7.11 Å². The highest BCUT2D eigenvalue weighted by molar-refractivity contribution is 6.30. The lowest BCUT2D eigenvalue weighted by Crippen LogP contribution is -2.42.